The number of rotatable bonds is 8. The average Bonchev–Trinajstić information content (AvgIpc) is 2.38. The average molecular weight is 262 g/mol. The van der Waals surface area contributed by atoms with E-state index in [1.54, 1.807) is 0 Å². The van der Waals surface area contributed by atoms with Gasteiger partial charge in [0.15, 0.2) is 0 Å². The molecule has 3 heteroatoms. The fourth-order valence-electron chi connectivity index (χ4n) is 1.98. The van der Waals surface area contributed by atoms with E-state index in [4.69, 9.17) is 5.73 Å². The minimum Gasteiger partial charge on any atom is -0.330 e. The van der Waals surface area contributed by atoms with Crippen LogP contribution in [0.15, 0.2) is 24.3 Å². The molecular formula is C16H26N2O. The van der Waals surface area contributed by atoms with Crippen LogP contribution < -0.4 is 11.1 Å². The number of carbonyl (C=O) groups excluding carboxylic acids is 1. The maximum Gasteiger partial charge on any atom is 0.224 e. The molecule has 0 fully saturated rings. The van der Waals surface area contributed by atoms with Crippen molar-refractivity contribution in [3.8, 4) is 0 Å². The molecule has 0 aliphatic rings. The van der Waals surface area contributed by atoms with Crippen molar-refractivity contribution >= 4 is 11.6 Å². The predicted molar refractivity (Wildman–Crippen MR) is 81.3 cm³/mol. The van der Waals surface area contributed by atoms with E-state index in [1.807, 2.05) is 12.1 Å². The Morgan fingerprint density at radius 3 is 2.63 bits per heavy atom. The van der Waals surface area contributed by atoms with Gasteiger partial charge in [0.2, 0.25) is 5.91 Å². The summed E-state index contributed by atoms with van der Waals surface area (Å²) in [6.45, 7) is 5.05. The summed E-state index contributed by atoms with van der Waals surface area (Å²) in [4.78, 5) is 11.8. The van der Waals surface area contributed by atoms with Crippen molar-refractivity contribution in [1.29, 1.82) is 0 Å². The molecule has 0 bridgehead atoms. The molecule has 1 rings (SSSR count). The highest BCUT2D eigenvalue weighted by atomic mass is 16.1. The quantitative estimate of drug-likeness (QED) is 0.702. The molecule has 0 saturated heterocycles. The Labute approximate surface area is 116 Å². The molecule has 0 spiro atoms. The van der Waals surface area contributed by atoms with Gasteiger partial charge in [0.1, 0.15) is 0 Å². The van der Waals surface area contributed by atoms with Gasteiger partial charge in [0.05, 0.1) is 0 Å². The Hall–Kier alpha value is -1.35. The molecule has 3 nitrogen and oxygen atoms in total. The van der Waals surface area contributed by atoms with E-state index in [0.29, 0.717) is 12.3 Å². The lowest BCUT2D eigenvalue weighted by Crippen LogP contribution is -2.11. The smallest absolute Gasteiger partial charge is 0.224 e. The summed E-state index contributed by atoms with van der Waals surface area (Å²) >= 11 is 0. The van der Waals surface area contributed by atoms with Crippen LogP contribution in [0.5, 0.6) is 0 Å². The first-order valence-electron chi connectivity index (χ1n) is 7.23. The third-order valence-corrected chi connectivity index (χ3v) is 3.20. The minimum atomic E-state index is 0.105. The highest BCUT2D eigenvalue weighted by Crippen LogP contribution is 2.18. The van der Waals surface area contributed by atoms with E-state index in [9.17, 15) is 4.79 Å². The molecule has 0 aliphatic carbocycles. The number of carbonyl (C=O) groups is 1. The van der Waals surface area contributed by atoms with Crippen molar-refractivity contribution in [2.24, 2.45) is 5.73 Å². The zero-order valence-electron chi connectivity index (χ0n) is 12.1. The number of nitrogens with one attached hydrogen (secondary N) is 1. The molecule has 1 amide bonds. The van der Waals surface area contributed by atoms with Gasteiger partial charge >= 0.3 is 0 Å². The molecule has 0 radical (unpaired) electrons. The van der Waals surface area contributed by atoms with Crippen LogP contribution in [0.25, 0.3) is 0 Å². The standard InChI is InChI=1S/C16H26N2O/c1-13(2)14-8-7-9-15(12-14)18-16(19)10-5-3-4-6-11-17/h7-9,12-13H,3-6,10-11,17H2,1-2H3,(H,18,19). The van der Waals surface area contributed by atoms with Crippen LogP contribution in [0, 0.1) is 0 Å². The molecule has 1 aromatic rings. The Bertz CT molecular complexity index is 388. The zero-order valence-corrected chi connectivity index (χ0v) is 12.1. The molecule has 19 heavy (non-hydrogen) atoms. The van der Waals surface area contributed by atoms with Crippen LogP contribution in [0.4, 0.5) is 5.69 Å². The maximum absolute atomic E-state index is 11.8. The summed E-state index contributed by atoms with van der Waals surface area (Å²) in [7, 11) is 0. The van der Waals surface area contributed by atoms with Gasteiger partial charge in [0, 0.05) is 12.1 Å². The number of anilines is 1. The molecule has 1 aromatic carbocycles. The number of benzene rings is 1. The van der Waals surface area contributed by atoms with Crippen molar-refractivity contribution in [3.05, 3.63) is 29.8 Å². The first-order valence-corrected chi connectivity index (χ1v) is 7.23. The second kappa shape index (κ2) is 8.70. The first-order chi connectivity index (χ1) is 9.13. The van der Waals surface area contributed by atoms with Gasteiger partial charge in [-0.1, -0.05) is 38.8 Å². The number of amides is 1. The number of hydrogen-bond donors (Lipinski definition) is 2. The number of hydrogen-bond acceptors (Lipinski definition) is 2. The van der Waals surface area contributed by atoms with Crippen LogP contribution in [0.3, 0.4) is 0 Å². The van der Waals surface area contributed by atoms with Crippen molar-refractivity contribution in [1.82, 2.24) is 0 Å². The second-order valence-corrected chi connectivity index (χ2v) is 5.28. The van der Waals surface area contributed by atoms with Gasteiger partial charge in [-0.05, 0) is 43.0 Å². The summed E-state index contributed by atoms with van der Waals surface area (Å²) in [6, 6.07) is 8.08. The van der Waals surface area contributed by atoms with Crippen LogP contribution >= 0.6 is 0 Å². The van der Waals surface area contributed by atoms with E-state index in [-0.39, 0.29) is 5.91 Å². The summed E-state index contributed by atoms with van der Waals surface area (Å²) < 4.78 is 0. The van der Waals surface area contributed by atoms with Crippen LogP contribution in [-0.4, -0.2) is 12.5 Å². The molecule has 3 N–H and O–H groups in total. The molecule has 0 aromatic heterocycles. The summed E-state index contributed by atoms with van der Waals surface area (Å²) in [5.74, 6) is 0.585. The van der Waals surface area contributed by atoms with Crippen LogP contribution in [-0.2, 0) is 4.79 Å². The van der Waals surface area contributed by atoms with Gasteiger partial charge in [-0.25, -0.2) is 0 Å². The summed E-state index contributed by atoms with van der Waals surface area (Å²) in [5, 5.41) is 2.96. The van der Waals surface area contributed by atoms with Gasteiger partial charge in [0.25, 0.3) is 0 Å². The Kier molecular flexibility index (Phi) is 7.19. The van der Waals surface area contributed by atoms with E-state index in [0.717, 1.165) is 37.9 Å². The Morgan fingerprint density at radius 2 is 1.95 bits per heavy atom. The topological polar surface area (TPSA) is 55.1 Å². The molecule has 0 heterocycles. The fraction of sp³-hybridized carbons (Fsp3) is 0.562. The van der Waals surface area contributed by atoms with Crippen molar-refractivity contribution in [2.45, 2.75) is 51.9 Å². The van der Waals surface area contributed by atoms with Crippen molar-refractivity contribution < 1.29 is 4.79 Å². The van der Waals surface area contributed by atoms with Crippen LogP contribution in [0.1, 0.15) is 57.4 Å². The molecule has 106 valence electrons. The van der Waals surface area contributed by atoms with Crippen LogP contribution in [0.2, 0.25) is 0 Å². The number of nitrogens with two attached hydrogens (primary N) is 1. The molecule has 0 saturated carbocycles. The molecular weight excluding hydrogens is 236 g/mol. The number of unbranched alkanes of at least 4 members (excludes halogenated alkanes) is 3. The predicted octanol–water partition coefficient (Wildman–Crippen LogP) is 3.66. The monoisotopic (exact) mass is 262 g/mol. The lowest BCUT2D eigenvalue weighted by Gasteiger charge is -2.09. The van der Waals surface area contributed by atoms with Gasteiger partial charge in [-0.15, -0.1) is 0 Å². The lowest BCUT2D eigenvalue weighted by atomic mass is 10.0. The third-order valence-electron chi connectivity index (χ3n) is 3.20. The largest absolute Gasteiger partial charge is 0.330 e. The van der Waals surface area contributed by atoms with E-state index < -0.39 is 0 Å². The van der Waals surface area contributed by atoms with Gasteiger partial charge < -0.3 is 11.1 Å². The van der Waals surface area contributed by atoms with Crippen molar-refractivity contribution in [2.75, 3.05) is 11.9 Å². The molecule has 0 unspecified atom stereocenters. The molecule has 0 atom stereocenters. The summed E-state index contributed by atoms with van der Waals surface area (Å²) in [5.41, 5.74) is 7.58. The van der Waals surface area contributed by atoms with E-state index in [2.05, 4.69) is 31.3 Å². The SMILES string of the molecule is CC(C)c1cccc(NC(=O)CCCCCCN)c1. The highest BCUT2D eigenvalue weighted by molar-refractivity contribution is 5.90. The van der Waals surface area contributed by atoms with E-state index >= 15 is 0 Å². The van der Waals surface area contributed by atoms with E-state index in [1.165, 1.54) is 5.56 Å². The second-order valence-electron chi connectivity index (χ2n) is 5.28. The molecule has 0 aliphatic heterocycles. The maximum atomic E-state index is 11.8. The lowest BCUT2D eigenvalue weighted by molar-refractivity contribution is -0.116. The summed E-state index contributed by atoms with van der Waals surface area (Å²) in [6.07, 6.45) is 4.79. The first kappa shape index (κ1) is 15.7. The highest BCUT2D eigenvalue weighted by Gasteiger charge is 2.04. The zero-order chi connectivity index (χ0) is 14.1. The van der Waals surface area contributed by atoms with Gasteiger partial charge in [-0.2, -0.15) is 0 Å². The minimum absolute atomic E-state index is 0.105. The normalized spacial score (nSPS) is 10.7. The Morgan fingerprint density at radius 1 is 1.21 bits per heavy atom. The fourth-order valence-corrected chi connectivity index (χ4v) is 1.98. The van der Waals surface area contributed by atoms with Crippen molar-refractivity contribution in [3.63, 3.8) is 0 Å². The Balaban J connectivity index is 2.33. The van der Waals surface area contributed by atoms with Gasteiger partial charge in [-0.3, -0.25) is 4.79 Å². The third kappa shape index (κ3) is 6.39.